The third-order valence-electron chi connectivity index (χ3n) is 5.83. The monoisotopic (exact) mass is 364 g/mol. The fourth-order valence-corrected chi connectivity index (χ4v) is 4.38. The van der Waals surface area contributed by atoms with Gasteiger partial charge in [-0.3, -0.25) is 9.59 Å². The maximum Gasteiger partial charge on any atom is 0.232 e. The molecule has 2 saturated heterocycles. The lowest BCUT2D eigenvalue weighted by Gasteiger charge is -2.29. The Morgan fingerprint density at radius 2 is 2.04 bits per heavy atom. The minimum Gasteiger partial charge on any atom is -0.497 e. The largest absolute Gasteiger partial charge is 0.497 e. The van der Waals surface area contributed by atoms with Crippen molar-refractivity contribution in [2.75, 3.05) is 13.7 Å². The molecule has 2 aromatic rings. The van der Waals surface area contributed by atoms with Crippen LogP contribution in [0.3, 0.4) is 0 Å². The second kappa shape index (κ2) is 7.06. The fraction of sp³-hybridized carbons (Fsp3) is 0.364. The van der Waals surface area contributed by atoms with Crippen molar-refractivity contribution in [2.45, 2.75) is 37.3 Å². The summed E-state index contributed by atoms with van der Waals surface area (Å²) in [6.45, 7) is 0.897. The summed E-state index contributed by atoms with van der Waals surface area (Å²) >= 11 is 0. The Morgan fingerprint density at radius 1 is 1.22 bits per heavy atom. The van der Waals surface area contributed by atoms with E-state index in [9.17, 15) is 9.59 Å². The van der Waals surface area contributed by atoms with Gasteiger partial charge in [0.1, 0.15) is 5.75 Å². The van der Waals surface area contributed by atoms with E-state index in [1.54, 1.807) is 7.11 Å². The van der Waals surface area contributed by atoms with Crippen molar-refractivity contribution in [2.24, 2.45) is 0 Å². The molecule has 2 fully saturated rings. The Balaban J connectivity index is 1.58. The van der Waals surface area contributed by atoms with Crippen LogP contribution in [0.1, 0.15) is 30.4 Å². The van der Waals surface area contributed by atoms with Gasteiger partial charge >= 0.3 is 0 Å². The number of nitrogens with one attached hydrogen (secondary N) is 1. The van der Waals surface area contributed by atoms with Gasteiger partial charge < -0.3 is 15.0 Å². The third kappa shape index (κ3) is 3.18. The predicted molar refractivity (Wildman–Crippen MR) is 102 cm³/mol. The first-order valence-corrected chi connectivity index (χ1v) is 9.38. The van der Waals surface area contributed by atoms with Gasteiger partial charge in [-0.05, 0) is 36.1 Å². The maximum atomic E-state index is 13.4. The van der Waals surface area contributed by atoms with E-state index in [0.717, 1.165) is 23.3 Å². The summed E-state index contributed by atoms with van der Waals surface area (Å²) in [4.78, 5) is 27.5. The van der Waals surface area contributed by atoms with E-state index in [1.807, 2.05) is 59.5 Å². The molecule has 2 amide bonds. The molecule has 2 aliphatic heterocycles. The van der Waals surface area contributed by atoms with Gasteiger partial charge in [0.15, 0.2) is 0 Å². The van der Waals surface area contributed by atoms with Crippen LogP contribution in [0.2, 0.25) is 0 Å². The summed E-state index contributed by atoms with van der Waals surface area (Å²) in [6, 6.07) is 17.7. The second-order valence-electron chi connectivity index (χ2n) is 7.40. The number of ether oxygens (including phenoxy) is 1. The molecule has 2 aromatic carbocycles. The molecular formula is C22H24N2O3. The smallest absolute Gasteiger partial charge is 0.232 e. The average molecular weight is 364 g/mol. The molecule has 0 saturated carbocycles. The Labute approximate surface area is 159 Å². The van der Waals surface area contributed by atoms with Gasteiger partial charge in [-0.1, -0.05) is 42.5 Å². The molecule has 27 heavy (non-hydrogen) atoms. The number of rotatable bonds is 5. The van der Waals surface area contributed by atoms with Crippen molar-refractivity contribution in [3.8, 4) is 5.75 Å². The molecule has 5 heteroatoms. The molecule has 0 aromatic heterocycles. The lowest BCUT2D eigenvalue weighted by Crippen LogP contribution is -2.46. The zero-order chi connectivity index (χ0) is 18.9. The molecule has 0 spiro atoms. The summed E-state index contributed by atoms with van der Waals surface area (Å²) in [7, 11) is 1.63. The van der Waals surface area contributed by atoms with Crippen LogP contribution in [0, 0.1) is 0 Å². The number of hydrogen-bond donors (Lipinski definition) is 1. The first-order chi connectivity index (χ1) is 13.1. The Kier molecular flexibility index (Phi) is 4.60. The highest BCUT2D eigenvalue weighted by atomic mass is 16.5. The van der Waals surface area contributed by atoms with Crippen LogP contribution in [-0.2, 0) is 21.5 Å². The van der Waals surface area contributed by atoms with E-state index in [2.05, 4.69) is 5.32 Å². The summed E-state index contributed by atoms with van der Waals surface area (Å²) in [6.07, 6.45) is 2.13. The lowest BCUT2D eigenvalue weighted by molar-refractivity contribution is -0.129. The first-order valence-electron chi connectivity index (χ1n) is 9.38. The third-order valence-corrected chi connectivity index (χ3v) is 5.83. The molecule has 2 aliphatic rings. The molecule has 4 rings (SSSR count). The summed E-state index contributed by atoms with van der Waals surface area (Å²) in [5.41, 5.74) is 1.29. The van der Waals surface area contributed by atoms with Crippen molar-refractivity contribution in [3.05, 3.63) is 65.7 Å². The van der Waals surface area contributed by atoms with E-state index in [-0.39, 0.29) is 17.9 Å². The fourth-order valence-electron chi connectivity index (χ4n) is 4.38. The van der Waals surface area contributed by atoms with Gasteiger partial charge in [-0.15, -0.1) is 0 Å². The number of carbonyl (C=O) groups is 2. The summed E-state index contributed by atoms with van der Waals surface area (Å²) < 4.78 is 5.26. The standard InChI is InChI=1S/C22H24N2O3/c1-27-19-9-5-6-16(12-19)14-23-21(26)22(17-7-3-2-4-8-17)13-18-10-11-20(25)24(18)15-22/h2-9,12,18H,10-11,13-15H2,1H3,(H,23,26)/t18-,22-/m0/s1. The van der Waals surface area contributed by atoms with Crippen molar-refractivity contribution in [1.29, 1.82) is 0 Å². The number of amides is 2. The normalized spacial score (nSPS) is 24.0. The molecule has 140 valence electrons. The van der Waals surface area contributed by atoms with Crippen LogP contribution in [0.15, 0.2) is 54.6 Å². The van der Waals surface area contributed by atoms with Gasteiger partial charge in [0.05, 0.1) is 12.5 Å². The van der Waals surface area contributed by atoms with Crippen LogP contribution >= 0.6 is 0 Å². The molecule has 2 heterocycles. The molecule has 0 radical (unpaired) electrons. The molecule has 0 aliphatic carbocycles. The Hall–Kier alpha value is -2.82. The number of nitrogens with zero attached hydrogens (tertiary/aromatic N) is 1. The highest BCUT2D eigenvalue weighted by Gasteiger charge is 2.53. The zero-order valence-electron chi connectivity index (χ0n) is 15.5. The zero-order valence-corrected chi connectivity index (χ0v) is 15.5. The highest BCUT2D eigenvalue weighted by Crippen LogP contribution is 2.43. The van der Waals surface area contributed by atoms with Gasteiger partial charge in [-0.2, -0.15) is 0 Å². The predicted octanol–water partition coefficient (Wildman–Crippen LogP) is 2.64. The quantitative estimate of drug-likeness (QED) is 0.887. The van der Waals surface area contributed by atoms with Crippen molar-refractivity contribution in [3.63, 3.8) is 0 Å². The molecular weight excluding hydrogens is 340 g/mol. The van der Waals surface area contributed by atoms with Crippen molar-refractivity contribution < 1.29 is 14.3 Å². The van der Waals surface area contributed by atoms with E-state index in [0.29, 0.717) is 25.9 Å². The minimum atomic E-state index is -0.680. The van der Waals surface area contributed by atoms with E-state index in [4.69, 9.17) is 4.74 Å². The first kappa shape index (κ1) is 17.6. The van der Waals surface area contributed by atoms with E-state index < -0.39 is 5.41 Å². The summed E-state index contributed by atoms with van der Waals surface area (Å²) in [5, 5.41) is 3.10. The van der Waals surface area contributed by atoms with Gasteiger partial charge in [0, 0.05) is 25.6 Å². The SMILES string of the molecule is COc1cccc(CNC(=O)[C@@]2(c3ccccc3)C[C@@H]3CCC(=O)N3C2)c1. The van der Waals surface area contributed by atoms with Gasteiger partial charge in [0.2, 0.25) is 11.8 Å². The molecule has 0 unspecified atom stereocenters. The summed E-state index contributed by atoms with van der Waals surface area (Å²) in [5.74, 6) is 0.920. The molecule has 2 atom stereocenters. The van der Waals surface area contributed by atoms with E-state index in [1.165, 1.54) is 0 Å². The molecule has 5 nitrogen and oxygen atoms in total. The number of hydrogen-bond acceptors (Lipinski definition) is 3. The van der Waals surface area contributed by atoms with Crippen molar-refractivity contribution in [1.82, 2.24) is 10.2 Å². The van der Waals surface area contributed by atoms with Crippen LogP contribution < -0.4 is 10.1 Å². The van der Waals surface area contributed by atoms with Crippen LogP contribution in [0.5, 0.6) is 5.75 Å². The van der Waals surface area contributed by atoms with E-state index >= 15 is 0 Å². The topological polar surface area (TPSA) is 58.6 Å². The van der Waals surface area contributed by atoms with Gasteiger partial charge in [0.25, 0.3) is 0 Å². The lowest BCUT2D eigenvalue weighted by atomic mass is 9.77. The Bertz CT molecular complexity index is 852. The molecule has 0 bridgehead atoms. The van der Waals surface area contributed by atoms with Crippen LogP contribution in [-0.4, -0.2) is 36.4 Å². The number of benzene rings is 2. The number of carbonyl (C=O) groups excluding carboxylic acids is 2. The molecule has 1 N–H and O–H groups in total. The number of methoxy groups -OCH3 is 1. The highest BCUT2D eigenvalue weighted by molar-refractivity contribution is 5.91. The average Bonchev–Trinajstić information content (AvgIpc) is 3.27. The number of fused-ring (bicyclic) bond motifs is 1. The minimum absolute atomic E-state index is 0.0151. The van der Waals surface area contributed by atoms with Crippen molar-refractivity contribution >= 4 is 11.8 Å². The Morgan fingerprint density at radius 3 is 2.78 bits per heavy atom. The van der Waals surface area contributed by atoms with Crippen LogP contribution in [0.4, 0.5) is 0 Å². The van der Waals surface area contributed by atoms with Crippen LogP contribution in [0.25, 0.3) is 0 Å². The second-order valence-corrected chi connectivity index (χ2v) is 7.40. The van der Waals surface area contributed by atoms with Gasteiger partial charge in [-0.25, -0.2) is 0 Å². The maximum absolute atomic E-state index is 13.4.